The molecule has 30 heavy (non-hydrogen) atoms. The normalized spacial score (nSPS) is 19.8. The molecule has 0 saturated heterocycles. The highest BCUT2D eigenvalue weighted by Crippen LogP contribution is 2.42. The lowest BCUT2D eigenvalue weighted by atomic mass is 9.80. The molecule has 0 spiro atoms. The van der Waals surface area contributed by atoms with Gasteiger partial charge in [0.25, 0.3) is 11.8 Å². The van der Waals surface area contributed by atoms with Crippen LogP contribution < -0.4 is 0 Å². The maximum absolute atomic E-state index is 13.1. The third-order valence-corrected chi connectivity index (χ3v) is 5.85. The molecule has 0 radical (unpaired) electrons. The fraction of sp³-hybridized carbons (Fsp3) is 0.208. The predicted molar refractivity (Wildman–Crippen MR) is 115 cm³/mol. The molecule has 0 aromatic heterocycles. The maximum Gasteiger partial charge on any atom is 0.261 e. The van der Waals surface area contributed by atoms with Crippen molar-refractivity contribution < 1.29 is 9.59 Å². The Morgan fingerprint density at radius 1 is 0.900 bits per heavy atom. The van der Waals surface area contributed by atoms with Crippen molar-refractivity contribution in [2.24, 2.45) is 15.4 Å². The first-order valence-electron chi connectivity index (χ1n) is 10.1. The van der Waals surface area contributed by atoms with E-state index in [1.165, 1.54) is 4.90 Å². The van der Waals surface area contributed by atoms with Crippen molar-refractivity contribution in [2.45, 2.75) is 25.3 Å². The molecule has 1 atom stereocenters. The molecular weight excluding hydrogens is 376 g/mol. The van der Waals surface area contributed by atoms with Crippen LogP contribution >= 0.6 is 0 Å². The van der Waals surface area contributed by atoms with Crippen molar-refractivity contribution >= 4 is 28.8 Å². The van der Waals surface area contributed by atoms with Gasteiger partial charge in [-0.15, -0.1) is 10.2 Å². The smallest absolute Gasteiger partial charge is 0.261 e. The quantitative estimate of drug-likeness (QED) is 0.574. The molecule has 2 amide bonds. The van der Waals surface area contributed by atoms with Crippen molar-refractivity contribution in [3.8, 4) is 0 Å². The van der Waals surface area contributed by atoms with E-state index in [1.807, 2.05) is 55.5 Å². The van der Waals surface area contributed by atoms with Crippen molar-refractivity contribution in [1.82, 2.24) is 4.90 Å². The monoisotopic (exact) mass is 396 g/mol. The molecule has 148 valence electrons. The Morgan fingerprint density at radius 3 is 2.37 bits per heavy atom. The minimum Gasteiger partial charge on any atom is -0.274 e. The van der Waals surface area contributed by atoms with E-state index in [-0.39, 0.29) is 11.8 Å². The Bertz CT molecular complexity index is 1200. The highest BCUT2D eigenvalue weighted by molar-refractivity contribution is 6.26. The average Bonchev–Trinajstić information content (AvgIpc) is 3.28. The minimum absolute atomic E-state index is 0.237. The lowest BCUT2D eigenvalue weighted by Gasteiger charge is -2.30. The summed E-state index contributed by atoms with van der Waals surface area (Å²) in [4.78, 5) is 27.6. The van der Waals surface area contributed by atoms with E-state index in [1.54, 1.807) is 18.3 Å². The number of carbonyl (C=O) groups excluding carboxylic acids is 2. The molecule has 2 heterocycles. The number of hydrogen-bond donors (Lipinski definition) is 0. The molecule has 0 saturated carbocycles. The van der Waals surface area contributed by atoms with E-state index in [0.717, 1.165) is 29.4 Å². The van der Waals surface area contributed by atoms with E-state index < -0.39 is 5.54 Å². The largest absolute Gasteiger partial charge is 0.274 e. The summed E-state index contributed by atoms with van der Waals surface area (Å²) in [6.45, 7) is 2.47. The third-order valence-electron chi connectivity index (χ3n) is 5.85. The standard InChI is InChI=1S/C24H20N4O2/c1-2-3-14-28-22(29)18-11-7-10-17-20(13-12-19(21(17)18)23(28)30)24(15-25-27-26-24)16-8-5-4-6-9-16/h4-13,15H,2-3,14H2,1H3. The van der Waals surface area contributed by atoms with Gasteiger partial charge in [0.1, 0.15) is 0 Å². The van der Waals surface area contributed by atoms with Crippen LogP contribution in [0, 0.1) is 0 Å². The zero-order valence-electron chi connectivity index (χ0n) is 16.6. The lowest BCUT2D eigenvalue weighted by Crippen LogP contribution is -2.41. The summed E-state index contributed by atoms with van der Waals surface area (Å²) in [6.07, 6.45) is 3.41. The molecule has 1 unspecified atom stereocenters. The number of rotatable bonds is 5. The Hall–Kier alpha value is -3.67. The fourth-order valence-corrected chi connectivity index (χ4v) is 4.33. The number of benzene rings is 3. The molecule has 3 aromatic rings. The van der Waals surface area contributed by atoms with Gasteiger partial charge >= 0.3 is 0 Å². The van der Waals surface area contributed by atoms with E-state index in [0.29, 0.717) is 23.1 Å². The first kappa shape index (κ1) is 18.4. The Labute approximate surface area is 173 Å². The summed E-state index contributed by atoms with van der Waals surface area (Å²) in [5.41, 5.74) is 1.99. The number of imide groups is 1. The van der Waals surface area contributed by atoms with Gasteiger partial charge in [0.15, 0.2) is 5.54 Å². The second kappa shape index (κ2) is 6.99. The highest BCUT2D eigenvalue weighted by atomic mass is 16.2. The molecule has 0 aliphatic carbocycles. The number of carbonyl (C=O) groups is 2. The van der Waals surface area contributed by atoms with E-state index in [4.69, 9.17) is 0 Å². The van der Waals surface area contributed by atoms with Crippen molar-refractivity contribution in [3.63, 3.8) is 0 Å². The van der Waals surface area contributed by atoms with E-state index in [2.05, 4.69) is 15.4 Å². The molecule has 0 bridgehead atoms. The second-order valence-corrected chi connectivity index (χ2v) is 7.57. The number of amides is 2. The van der Waals surface area contributed by atoms with Crippen LogP contribution in [0.1, 0.15) is 51.6 Å². The molecular formula is C24H20N4O2. The Balaban J connectivity index is 1.76. The van der Waals surface area contributed by atoms with Gasteiger partial charge in [0, 0.05) is 23.1 Å². The van der Waals surface area contributed by atoms with Gasteiger partial charge in [0.05, 0.1) is 6.21 Å². The molecule has 5 rings (SSSR count). The van der Waals surface area contributed by atoms with Crippen LogP contribution in [0.25, 0.3) is 10.8 Å². The first-order valence-corrected chi connectivity index (χ1v) is 10.1. The van der Waals surface area contributed by atoms with Crippen LogP contribution in [-0.2, 0) is 5.54 Å². The molecule has 2 aliphatic heterocycles. The van der Waals surface area contributed by atoms with Gasteiger partial charge in [-0.25, -0.2) is 0 Å². The Kier molecular flexibility index (Phi) is 4.28. The van der Waals surface area contributed by atoms with Crippen molar-refractivity contribution in [1.29, 1.82) is 0 Å². The van der Waals surface area contributed by atoms with Gasteiger partial charge in [-0.3, -0.25) is 14.5 Å². The highest BCUT2D eigenvalue weighted by Gasteiger charge is 2.40. The number of unbranched alkanes of at least 4 members (excludes halogenated alkanes) is 1. The first-order chi connectivity index (χ1) is 14.7. The van der Waals surface area contributed by atoms with Gasteiger partial charge in [0.2, 0.25) is 0 Å². The SMILES string of the molecule is CCCCN1C(=O)c2cccc3c(C4(c5ccccc5)C=NN=N4)ccc(c23)C1=O. The summed E-state index contributed by atoms with van der Waals surface area (Å²) in [5.74, 6) is -0.474. The van der Waals surface area contributed by atoms with Crippen LogP contribution in [0.3, 0.4) is 0 Å². The van der Waals surface area contributed by atoms with Gasteiger partial charge in [-0.1, -0.05) is 61.9 Å². The topological polar surface area (TPSA) is 74.5 Å². The lowest BCUT2D eigenvalue weighted by molar-refractivity contribution is 0.0608. The summed E-state index contributed by atoms with van der Waals surface area (Å²) in [7, 11) is 0. The molecule has 0 N–H and O–H groups in total. The molecule has 6 heteroatoms. The molecule has 2 aliphatic rings. The Morgan fingerprint density at radius 2 is 1.67 bits per heavy atom. The van der Waals surface area contributed by atoms with E-state index >= 15 is 0 Å². The van der Waals surface area contributed by atoms with Gasteiger partial charge < -0.3 is 0 Å². The number of nitrogens with zero attached hydrogens (tertiary/aromatic N) is 4. The van der Waals surface area contributed by atoms with Gasteiger partial charge in [-0.2, -0.15) is 0 Å². The average molecular weight is 396 g/mol. The minimum atomic E-state index is -0.885. The predicted octanol–water partition coefficient (Wildman–Crippen LogP) is 4.93. The second-order valence-electron chi connectivity index (χ2n) is 7.57. The molecule has 6 nitrogen and oxygen atoms in total. The van der Waals surface area contributed by atoms with Crippen LogP contribution in [0.5, 0.6) is 0 Å². The van der Waals surface area contributed by atoms with Crippen LogP contribution in [0.2, 0.25) is 0 Å². The molecule has 0 fully saturated rings. The summed E-state index contributed by atoms with van der Waals surface area (Å²) >= 11 is 0. The van der Waals surface area contributed by atoms with Crippen LogP contribution in [-0.4, -0.2) is 29.5 Å². The summed E-state index contributed by atoms with van der Waals surface area (Å²) in [5, 5.41) is 13.9. The zero-order chi connectivity index (χ0) is 20.7. The zero-order valence-corrected chi connectivity index (χ0v) is 16.6. The van der Waals surface area contributed by atoms with Crippen LogP contribution in [0.4, 0.5) is 0 Å². The van der Waals surface area contributed by atoms with Crippen molar-refractivity contribution in [2.75, 3.05) is 6.54 Å². The molecule has 3 aromatic carbocycles. The summed E-state index contributed by atoms with van der Waals surface area (Å²) in [6, 6.07) is 19.1. The summed E-state index contributed by atoms with van der Waals surface area (Å²) < 4.78 is 0. The van der Waals surface area contributed by atoms with Crippen LogP contribution in [0.15, 0.2) is 76.1 Å². The maximum atomic E-state index is 13.1. The third kappa shape index (κ3) is 2.53. The number of hydrogen-bond acceptors (Lipinski definition) is 5. The van der Waals surface area contributed by atoms with E-state index in [9.17, 15) is 9.59 Å². The fourth-order valence-electron chi connectivity index (χ4n) is 4.33. The van der Waals surface area contributed by atoms with Crippen molar-refractivity contribution in [3.05, 3.63) is 82.9 Å². The van der Waals surface area contributed by atoms with Gasteiger partial charge in [-0.05, 0) is 40.3 Å².